The molecule has 1 unspecified atom stereocenters. The molecule has 0 N–H and O–H groups in total. The molecule has 1 aliphatic heterocycles. The highest BCUT2D eigenvalue weighted by Crippen LogP contribution is 2.30. The smallest absolute Gasteiger partial charge is 0.262 e. The fourth-order valence-electron chi connectivity index (χ4n) is 2.16. The first-order valence-corrected chi connectivity index (χ1v) is 5.20. The van der Waals surface area contributed by atoms with Gasteiger partial charge < -0.3 is 0 Å². The summed E-state index contributed by atoms with van der Waals surface area (Å²) >= 11 is 0. The zero-order valence-electron chi connectivity index (χ0n) is 8.47. The molecule has 3 rings (SSSR count). The SMILES string of the molecule is O=C1CCC1N1C(=O)c2ccccc2C1=O. The van der Waals surface area contributed by atoms with Crippen LogP contribution >= 0.6 is 0 Å². The quantitative estimate of drug-likeness (QED) is 0.657. The molecule has 4 nitrogen and oxygen atoms in total. The van der Waals surface area contributed by atoms with Crippen molar-refractivity contribution in [2.75, 3.05) is 0 Å². The Morgan fingerprint density at radius 3 is 1.94 bits per heavy atom. The summed E-state index contributed by atoms with van der Waals surface area (Å²) in [7, 11) is 0. The standard InChI is InChI=1S/C12H9NO3/c14-10-6-5-9(10)13-11(15)7-3-1-2-4-8(7)12(13)16/h1-4,9H,5-6H2. The van der Waals surface area contributed by atoms with Crippen LogP contribution in [0.3, 0.4) is 0 Å². The predicted molar refractivity (Wildman–Crippen MR) is 55.0 cm³/mol. The van der Waals surface area contributed by atoms with E-state index in [-0.39, 0.29) is 17.6 Å². The molecule has 0 radical (unpaired) electrons. The first-order chi connectivity index (χ1) is 7.70. The number of amides is 2. The monoisotopic (exact) mass is 215 g/mol. The molecular formula is C12H9NO3. The Bertz CT molecular complexity index is 486. The van der Waals surface area contributed by atoms with Gasteiger partial charge in [-0.1, -0.05) is 12.1 Å². The molecule has 1 aromatic carbocycles. The van der Waals surface area contributed by atoms with E-state index in [0.717, 1.165) is 4.90 Å². The largest absolute Gasteiger partial charge is 0.297 e. The third-order valence-electron chi connectivity index (χ3n) is 3.17. The van der Waals surface area contributed by atoms with Crippen LogP contribution in [0.2, 0.25) is 0 Å². The molecule has 0 saturated heterocycles. The molecule has 1 fully saturated rings. The minimum absolute atomic E-state index is 0.0190. The minimum Gasteiger partial charge on any atom is -0.297 e. The Balaban J connectivity index is 2.04. The van der Waals surface area contributed by atoms with Gasteiger partial charge in [-0.15, -0.1) is 0 Å². The fourth-order valence-corrected chi connectivity index (χ4v) is 2.16. The first kappa shape index (κ1) is 9.27. The molecule has 1 saturated carbocycles. The maximum absolute atomic E-state index is 11.9. The Hall–Kier alpha value is -1.97. The molecule has 4 heteroatoms. The number of rotatable bonds is 1. The van der Waals surface area contributed by atoms with Crippen molar-refractivity contribution in [2.24, 2.45) is 0 Å². The summed E-state index contributed by atoms with van der Waals surface area (Å²) in [5.74, 6) is -0.688. The number of carbonyl (C=O) groups excluding carboxylic acids is 3. The fraction of sp³-hybridized carbons (Fsp3) is 0.250. The van der Waals surface area contributed by atoms with E-state index in [1.165, 1.54) is 0 Å². The molecule has 1 aliphatic carbocycles. The number of fused-ring (bicyclic) bond motifs is 1. The summed E-state index contributed by atoms with van der Waals surface area (Å²) < 4.78 is 0. The van der Waals surface area contributed by atoms with Crippen LogP contribution in [-0.2, 0) is 4.79 Å². The Morgan fingerprint density at radius 2 is 1.56 bits per heavy atom. The summed E-state index contributed by atoms with van der Waals surface area (Å²) in [5.41, 5.74) is 0.819. The van der Waals surface area contributed by atoms with Gasteiger partial charge in [0.05, 0.1) is 17.2 Å². The number of hydrogen-bond acceptors (Lipinski definition) is 3. The van der Waals surface area contributed by atoms with Gasteiger partial charge in [0.25, 0.3) is 11.8 Å². The van der Waals surface area contributed by atoms with Gasteiger partial charge in [-0.3, -0.25) is 19.3 Å². The zero-order chi connectivity index (χ0) is 11.3. The number of carbonyl (C=O) groups is 3. The summed E-state index contributed by atoms with van der Waals surface area (Å²) in [6, 6.07) is 6.16. The normalized spacial score (nSPS) is 23.4. The number of benzene rings is 1. The first-order valence-electron chi connectivity index (χ1n) is 5.20. The summed E-state index contributed by atoms with van der Waals surface area (Å²) in [6.45, 7) is 0. The lowest BCUT2D eigenvalue weighted by atomic mass is 9.90. The van der Waals surface area contributed by atoms with Gasteiger partial charge in [-0.05, 0) is 18.6 Å². The maximum Gasteiger partial charge on any atom is 0.262 e. The van der Waals surface area contributed by atoms with Crippen molar-refractivity contribution in [3.8, 4) is 0 Å². The van der Waals surface area contributed by atoms with Crippen LogP contribution in [-0.4, -0.2) is 28.5 Å². The van der Waals surface area contributed by atoms with E-state index in [2.05, 4.69) is 0 Å². The van der Waals surface area contributed by atoms with Crippen molar-refractivity contribution in [3.63, 3.8) is 0 Å². The Kier molecular flexibility index (Phi) is 1.74. The number of nitrogens with zero attached hydrogens (tertiary/aromatic N) is 1. The van der Waals surface area contributed by atoms with E-state index in [0.29, 0.717) is 24.0 Å². The maximum atomic E-state index is 11.9. The van der Waals surface area contributed by atoms with Gasteiger partial charge >= 0.3 is 0 Å². The van der Waals surface area contributed by atoms with Crippen LogP contribution in [0.5, 0.6) is 0 Å². The van der Waals surface area contributed by atoms with Crippen LogP contribution in [0.15, 0.2) is 24.3 Å². The summed E-state index contributed by atoms with van der Waals surface area (Å²) in [4.78, 5) is 36.3. The van der Waals surface area contributed by atoms with E-state index >= 15 is 0 Å². The van der Waals surface area contributed by atoms with Gasteiger partial charge in [0.1, 0.15) is 0 Å². The average Bonchev–Trinajstić information content (AvgIpc) is 2.54. The molecule has 80 valence electrons. The highest BCUT2D eigenvalue weighted by molar-refractivity contribution is 6.23. The van der Waals surface area contributed by atoms with Crippen LogP contribution < -0.4 is 0 Å². The molecule has 0 spiro atoms. The number of imide groups is 1. The molecular weight excluding hydrogens is 206 g/mol. The van der Waals surface area contributed by atoms with Gasteiger partial charge in [0, 0.05) is 6.42 Å². The third-order valence-corrected chi connectivity index (χ3v) is 3.17. The van der Waals surface area contributed by atoms with E-state index in [9.17, 15) is 14.4 Å². The third kappa shape index (κ3) is 1.01. The van der Waals surface area contributed by atoms with Crippen molar-refractivity contribution in [2.45, 2.75) is 18.9 Å². The molecule has 1 heterocycles. The van der Waals surface area contributed by atoms with E-state index in [1.54, 1.807) is 24.3 Å². The van der Waals surface area contributed by atoms with Crippen LogP contribution in [0.4, 0.5) is 0 Å². The van der Waals surface area contributed by atoms with Crippen molar-refractivity contribution >= 4 is 17.6 Å². The van der Waals surface area contributed by atoms with Crippen molar-refractivity contribution < 1.29 is 14.4 Å². The predicted octanol–water partition coefficient (Wildman–Crippen LogP) is 1.01. The highest BCUT2D eigenvalue weighted by Gasteiger charge is 2.45. The van der Waals surface area contributed by atoms with E-state index in [1.807, 2.05) is 0 Å². The summed E-state index contributed by atoms with van der Waals surface area (Å²) in [6.07, 6.45) is 1.07. The Labute approximate surface area is 91.9 Å². The molecule has 2 aliphatic rings. The molecule has 0 bridgehead atoms. The molecule has 16 heavy (non-hydrogen) atoms. The second-order valence-electron chi connectivity index (χ2n) is 4.05. The lowest BCUT2D eigenvalue weighted by Gasteiger charge is -2.31. The lowest BCUT2D eigenvalue weighted by Crippen LogP contribution is -2.50. The van der Waals surface area contributed by atoms with Crippen LogP contribution in [0, 0.1) is 0 Å². The molecule has 0 aromatic heterocycles. The summed E-state index contributed by atoms with van der Waals surface area (Å²) in [5, 5.41) is 0. The second kappa shape index (κ2) is 3.01. The van der Waals surface area contributed by atoms with Gasteiger partial charge in [-0.25, -0.2) is 0 Å². The van der Waals surface area contributed by atoms with Crippen LogP contribution in [0.1, 0.15) is 33.6 Å². The number of ketones is 1. The van der Waals surface area contributed by atoms with E-state index < -0.39 is 6.04 Å². The molecule has 1 aromatic rings. The van der Waals surface area contributed by atoms with Gasteiger partial charge in [0.15, 0.2) is 5.78 Å². The van der Waals surface area contributed by atoms with Gasteiger partial charge in [0.2, 0.25) is 0 Å². The highest BCUT2D eigenvalue weighted by atomic mass is 16.2. The van der Waals surface area contributed by atoms with Crippen molar-refractivity contribution in [1.82, 2.24) is 4.90 Å². The van der Waals surface area contributed by atoms with E-state index in [4.69, 9.17) is 0 Å². The van der Waals surface area contributed by atoms with Crippen molar-refractivity contribution in [3.05, 3.63) is 35.4 Å². The topological polar surface area (TPSA) is 54.5 Å². The lowest BCUT2D eigenvalue weighted by molar-refractivity contribution is -0.129. The molecule has 1 atom stereocenters. The Morgan fingerprint density at radius 1 is 1.00 bits per heavy atom. The number of Topliss-reactive ketones (excluding diaryl/α,β-unsaturated/α-hetero) is 1. The average molecular weight is 215 g/mol. The minimum atomic E-state index is -0.521. The van der Waals surface area contributed by atoms with Crippen molar-refractivity contribution in [1.29, 1.82) is 0 Å². The van der Waals surface area contributed by atoms with Gasteiger partial charge in [-0.2, -0.15) is 0 Å². The number of hydrogen-bond donors (Lipinski definition) is 0. The molecule has 2 amide bonds. The zero-order valence-corrected chi connectivity index (χ0v) is 8.47. The van der Waals surface area contributed by atoms with Crippen LogP contribution in [0.25, 0.3) is 0 Å². The second-order valence-corrected chi connectivity index (χ2v) is 4.05.